The Morgan fingerprint density at radius 1 is 0.781 bits per heavy atom. The first-order valence-corrected chi connectivity index (χ1v) is 10.3. The predicted molar refractivity (Wildman–Crippen MR) is 129 cm³/mol. The molecule has 0 spiro atoms. The summed E-state index contributed by atoms with van der Waals surface area (Å²) >= 11 is 0. The molecule has 0 unspecified atom stereocenters. The molecule has 4 aromatic rings. The third kappa shape index (κ3) is 4.84. The number of carbonyl (C=O) groups excluding carboxylic acids is 2. The van der Waals surface area contributed by atoms with Crippen molar-refractivity contribution in [2.45, 2.75) is 6.54 Å². The molecule has 0 aromatic heterocycles. The zero-order valence-electron chi connectivity index (χ0n) is 17.4. The van der Waals surface area contributed by atoms with Crippen LogP contribution in [0.1, 0.15) is 21.5 Å². The van der Waals surface area contributed by atoms with E-state index in [1.807, 2.05) is 66.7 Å². The van der Waals surface area contributed by atoms with Crippen molar-refractivity contribution in [3.63, 3.8) is 0 Å². The largest absolute Gasteiger partial charge is 0.398 e. The monoisotopic (exact) mass is 421 g/mol. The molecular formula is C27H23N3O2. The summed E-state index contributed by atoms with van der Waals surface area (Å²) in [4.78, 5) is 25.9. The summed E-state index contributed by atoms with van der Waals surface area (Å²) in [5.41, 5.74) is 8.85. The average Bonchev–Trinajstić information content (AvgIpc) is 2.83. The summed E-state index contributed by atoms with van der Waals surface area (Å²) in [6.07, 6.45) is 1.70. The van der Waals surface area contributed by atoms with E-state index in [1.165, 1.54) is 0 Å². The second kappa shape index (κ2) is 9.62. The molecule has 0 atom stereocenters. The summed E-state index contributed by atoms with van der Waals surface area (Å²) in [6, 6.07) is 29.9. The Kier molecular flexibility index (Phi) is 6.28. The maximum Gasteiger partial charge on any atom is 0.268 e. The summed E-state index contributed by atoms with van der Waals surface area (Å²) < 4.78 is 0. The molecule has 0 saturated carbocycles. The van der Waals surface area contributed by atoms with Crippen LogP contribution in [0, 0.1) is 0 Å². The van der Waals surface area contributed by atoms with E-state index in [2.05, 4.69) is 10.6 Å². The Hall–Kier alpha value is -4.38. The average molecular weight is 422 g/mol. The van der Waals surface area contributed by atoms with E-state index in [0.717, 1.165) is 21.9 Å². The van der Waals surface area contributed by atoms with E-state index in [1.54, 1.807) is 36.4 Å². The maximum atomic E-state index is 13.1. The number of benzene rings is 4. The van der Waals surface area contributed by atoms with Crippen molar-refractivity contribution in [1.29, 1.82) is 0 Å². The van der Waals surface area contributed by atoms with Gasteiger partial charge in [0.1, 0.15) is 5.70 Å². The van der Waals surface area contributed by atoms with Gasteiger partial charge >= 0.3 is 0 Å². The lowest BCUT2D eigenvalue weighted by Crippen LogP contribution is -2.34. The zero-order valence-corrected chi connectivity index (χ0v) is 17.4. The Bertz CT molecular complexity index is 1290. The molecule has 5 nitrogen and oxygen atoms in total. The number of rotatable bonds is 6. The number of nitrogens with one attached hydrogen (secondary N) is 2. The smallest absolute Gasteiger partial charge is 0.268 e. The lowest BCUT2D eigenvalue weighted by atomic mass is 10.0. The van der Waals surface area contributed by atoms with Crippen LogP contribution in [0.3, 0.4) is 0 Å². The second-order valence-electron chi connectivity index (χ2n) is 7.33. The minimum absolute atomic E-state index is 0.157. The van der Waals surface area contributed by atoms with Gasteiger partial charge in [0.15, 0.2) is 0 Å². The normalized spacial score (nSPS) is 11.2. The third-order valence-electron chi connectivity index (χ3n) is 5.15. The molecule has 0 radical (unpaired) electrons. The van der Waals surface area contributed by atoms with Gasteiger partial charge in [0, 0.05) is 17.8 Å². The fourth-order valence-corrected chi connectivity index (χ4v) is 3.44. The van der Waals surface area contributed by atoms with E-state index in [9.17, 15) is 9.59 Å². The summed E-state index contributed by atoms with van der Waals surface area (Å²) in [7, 11) is 0. The van der Waals surface area contributed by atoms with Crippen LogP contribution in [0.4, 0.5) is 5.69 Å². The highest BCUT2D eigenvalue weighted by Crippen LogP contribution is 2.21. The van der Waals surface area contributed by atoms with Crippen molar-refractivity contribution < 1.29 is 9.59 Å². The number of amides is 2. The van der Waals surface area contributed by atoms with E-state index in [0.29, 0.717) is 11.3 Å². The number of hydrogen-bond acceptors (Lipinski definition) is 3. The molecule has 4 aromatic carbocycles. The number of para-hydroxylation sites is 1. The van der Waals surface area contributed by atoms with Crippen LogP contribution in [-0.4, -0.2) is 11.8 Å². The number of hydrogen-bond donors (Lipinski definition) is 3. The summed E-state index contributed by atoms with van der Waals surface area (Å²) in [6.45, 7) is 0.250. The van der Waals surface area contributed by atoms with E-state index < -0.39 is 5.91 Å². The maximum absolute atomic E-state index is 13.1. The van der Waals surface area contributed by atoms with Crippen LogP contribution in [0.25, 0.3) is 16.8 Å². The number of nitrogens with two attached hydrogens (primary N) is 1. The third-order valence-corrected chi connectivity index (χ3v) is 5.15. The highest BCUT2D eigenvalue weighted by atomic mass is 16.2. The highest BCUT2D eigenvalue weighted by molar-refractivity contribution is 6.06. The molecule has 4 N–H and O–H groups in total. The molecule has 158 valence electrons. The molecule has 0 heterocycles. The van der Waals surface area contributed by atoms with Gasteiger partial charge in [-0.2, -0.15) is 0 Å². The number of nitrogen functional groups attached to an aromatic ring is 1. The van der Waals surface area contributed by atoms with Gasteiger partial charge in [-0.25, -0.2) is 0 Å². The van der Waals surface area contributed by atoms with Crippen molar-refractivity contribution >= 4 is 34.4 Å². The Morgan fingerprint density at radius 3 is 2.28 bits per heavy atom. The molecule has 0 bridgehead atoms. The van der Waals surface area contributed by atoms with Gasteiger partial charge in [0.2, 0.25) is 0 Å². The first-order chi connectivity index (χ1) is 15.6. The van der Waals surface area contributed by atoms with Crippen LogP contribution in [-0.2, 0) is 11.3 Å². The minimum Gasteiger partial charge on any atom is -0.398 e. The standard InChI is InChI=1S/C27H23N3O2/c28-24-16-7-5-12-22(24)18-29-27(32)25(30-26(31)20-10-2-1-3-11-20)17-21-14-8-13-19-9-4-6-15-23(19)21/h1-17H,18,28H2,(H,29,32)(H,30,31)/b25-17+. The lowest BCUT2D eigenvalue weighted by molar-refractivity contribution is -0.117. The second-order valence-corrected chi connectivity index (χ2v) is 7.33. The fourth-order valence-electron chi connectivity index (χ4n) is 3.44. The van der Waals surface area contributed by atoms with E-state index >= 15 is 0 Å². The molecule has 4 rings (SSSR count). The predicted octanol–water partition coefficient (Wildman–Crippen LogP) is 4.51. The Balaban J connectivity index is 1.65. The van der Waals surface area contributed by atoms with Crippen molar-refractivity contribution in [1.82, 2.24) is 10.6 Å². The number of anilines is 1. The molecule has 0 aliphatic rings. The molecular weight excluding hydrogens is 398 g/mol. The molecule has 0 fully saturated rings. The van der Waals surface area contributed by atoms with Crippen LogP contribution < -0.4 is 16.4 Å². The quantitative estimate of drug-likeness (QED) is 0.316. The Labute approximate surface area is 186 Å². The molecule has 0 saturated heterocycles. The SMILES string of the molecule is Nc1ccccc1CNC(=O)/C(=C\c1cccc2ccccc12)NC(=O)c1ccccc1. The fraction of sp³-hybridized carbons (Fsp3) is 0.0370. The van der Waals surface area contributed by atoms with Crippen LogP contribution >= 0.6 is 0 Å². The van der Waals surface area contributed by atoms with Crippen LogP contribution in [0.2, 0.25) is 0 Å². The molecule has 5 heteroatoms. The van der Waals surface area contributed by atoms with Gasteiger partial charge in [-0.1, -0.05) is 78.9 Å². The van der Waals surface area contributed by atoms with Crippen molar-refractivity contribution in [2.24, 2.45) is 0 Å². The van der Waals surface area contributed by atoms with Crippen LogP contribution in [0.5, 0.6) is 0 Å². The topological polar surface area (TPSA) is 84.2 Å². The molecule has 0 aliphatic heterocycles. The van der Waals surface area contributed by atoms with Gasteiger partial charge in [-0.3, -0.25) is 9.59 Å². The van der Waals surface area contributed by atoms with Gasteiger partial charge in [-0.05, 0) is 46.2 Å². The highest BCUT2D eigenvalue weighted by Gasteiger charge is 2.15. The van der Waals surface area contributed by atoms with E-state index in [4.69, 9.17) is 5.73 Å². The molecule has 2 amide bonds. The van der Waals surface area contributed by atoms with Crippen molar-refractivity contribution in [2.75, 3.05) is 5.73 Å². The van der Waals surface area contributed by atoms with Gasteiger partial charge < -0.3 is 16.4 Å². The summed E-state index contributed by atoms with van der Waals surface area (Å²) in [5.74, 6) is -0.753. The van der Waals surface area contributed by atoms with Gasteiger partial charge in [-0.15, -0.1) is 0 Å². The minimum atomic E-state index is -0.398. The zero-order chi connectivity index (χ0) is 22.3. The first kappa shape index (κ1) is 20.9. The molecule has 32 heavy (non-hydrogen) atoms. The summed E-state index contributed by atoms with van der Waals surface area (Å²) in [5, 5.41) is 7.68. The van der Waals surface area contributed by atoms with Gasteiger partial charge in [0.05, 0.1) is 0 Å². The van der Waals surface area contributed by atoms with Crippen molar-refractivity contribution in [3.8, 4) is 0 Å². The first-order valence-electron chi connectivity index (χ1n) is 10.3. The lowest BCUT2D eigenvalue weighted by Gasteiger charge is -2.13. The molecule has 0 aliphatic carbocycles. The van der Waals surface area contributed by atoms with Crippen LogP contribution in [0.15, 0.2) is 103 Å². The van der Waals surface area contributed by atoms with E-state index in [-0.39, 0.29) is 18.1 Å². The van der Waals surface area contributed by atoms with Gasteiger partial charge in [0.25, 0.3) is 11.8 Å². The number of carbonyl (C=O) groups is 2. The number of fused-ring (bicyclic) bond motifs is 1. The van der Waals surface area contributed by atoms with Crippen molar-refractivity contribution in [3.05, 3.63) is 119 Å². The Morgan fingerprint density at radius 2 is 1.47 bits per heavy atom.